The van der Waals surface area contributed by atoms with Gasteiger partial charge in [0.05, 0.1) is 9.79 Å². The fourth-order valence-electron chi connectivity index (χ4n) is 2.37. The second kappa shape index (κ2) is 9.34. The molecule has 0 saturated heterocycles. The number of rotatable bonds is 9. The van der Waals surface area contributed by atoms with E-state index in [0.29, 0.717) is 6.42 Å². The van der Waals surface area contributed by atoms with Gasteiger partial charge in [-0.1, -0.05) is 32.1 Å². The Morgan fingerprint density at radius 2 is 1.62 bits per heavy atom. The zero-order valence-corrected chi connectivity index (χ0v) is 17.8. The van der Waals surface area contributed by atoms with Crippen molar-refractivity contribution in [2.24, 2.45) is 0 Å². The van der Waals surface area contributed by atoms with Gasteiger partial charge in [-0.2, -0.15) is 0 Å². The maximum Gasteiger partial charge on any atom is 0.338 e. The first-order valence-corrected chi connectivity index (χ1v) is 11.9. The van der Waals surface area contributed by atoms with Crippen LogP contribution in [0, 0.1) is 0 Å². The van der Waals surface area contributed by atoms with E-state index in [-0.39, 0.29) is 21.1 Å². The maximum atomic E-state index is 12.6. The van der Waals surface area contributed by atoms with Gasteiger partial charge in [0, 0.05) is 5.57 Å². The third kappa shape index (κ3) is 6.25. The molecule has 0 heterocycles. The Morgan fingerprint density at radius 1 is 1.00 bits per heavy atom. The summed E-state index contributed by atoms with van der Waals surface area (Å²) in [5.74, 6) is -0.535. The van der Waals surface area contributed by atoms with Crippen LogP contribution in [0.15, 0.2) is 70.5 Å². The van der Waals surface area contributed by atoms with Crippen LogP contribution in [0.2, 0.25) is 0 Å². The van der Waals surface area contributed by atoms with Crippen LogP contribution in [0.4, 0.5) is 0 Å². The molecule has 1 N–H and O–H groups in total. The predicted octanol–water partition coefficient (Wildman–Crippen LogP) is 3.18. The van der Waals surface area contributed by atoms with Gasteiger partial charge in [0.1, 0.15) is 5.75 Å². The Bertz CT molecular complexity index is 1100. The molecule has 9 heteroatoms. The summed E-state index contributed by atoms with van der Waals surface area (Å²) in [6.07, 6.45) is 2.57. The minimum absolute atomic E-state index is 0.114. The van der Waals surface area contributed by atoms with Crippen LogP contribution < -0.4 is 8.86 Å². The topological polar surface area (TPSA) is 107 Å². The lowest BCUT2D eigenvalue weighted by molar-refractivity contribution is -0.130. The average molecular weight is 438 g/mol. The molecule has 0 radical (unpaired) electrons. The predicted molar refractivity (Wildman–Crippen MR) is 109 cm³/mol. The van der Waals surface area contributed by atoms with Crippen molar-refractivity contribution < 1.29 is 26.4 Å². The molecule has 0 aromatic heterocycles. The van der Waals surface area contributed by atoms with E-state index in [0.717, 1.165) is 30.5 Å². The standard InChI is InChI=1S/C20H23NO6S2/c1-4-5-7-16-8-6-9-19(14-16)29(25,26)21-28(23,24)18-12-10-17(11-13-18)27-20(22)15(2)3/h6,8-14,21H,2,4-5,7H2,1,3H3. The van der Waals surface area contributed by atoms with Crippen LogP contribution in [0.1, 0.15) is 32.3 Å². The highest BCUT2D eigenvalue weighted by Gasteiger charge is 2.25. The van der Waals surface area contributed by atoms with Crippen LogP contribution in [-0.2, 0) is 31.3 Å². The quantitative estimate of drug-likeness (QED) is 0.367. The van der Waals surface area contributed by atoms with Crippen molar-refractivity contribution in [1.29, 1.82) is 0 Å². The fourth-order valence-corrected chi connectivity index (χ4v) is 5.35. The highest BCUT2D eigenvalue weighted by Crippen LogP contribution is 2.19. The average Bonchev–Trinajstić information content (AvgIpc) is 2.66. The molecule has 2 aromatic rings. The number of benzene rings is 2. The number of carbonyl (C=O) groups is 1. The number of carbonyl (C=O) groups excluding carboxylic acids is 1. The van der Waals surface area contributed by atoms with E-state index in [1.54, 1.807) is 16.3 Å². The number of sulfonamides is 2. The molecule has 0 aliphatic rings. The van der Waals surface area contributed by atoms with Gasteiger partial charge in [0.15, 0.2) is 0 Å². The highest BCUT2D eigenvalue weighted by atomic mass is 32.3. The molecule has 2 aromatic carbocycles. The molecule has 0 aliphatic carbocycles. The summed E-state index contributed by atoms with van der Waals surface area (Å²) in [5, 5.41) is 0. The van der Waals surface area contributed by atoms with E-state index in [2.05, 4.69) is 6.58 Å². The molecule has 0 spiro atoms. The first kappa shape index (κ1) is 22.8. The zero-order valence-electron chi connectivity index (χ0n) is 16.2. The summed E-state index contributed by atoms with van der Waals surface area (Å²) in [4.78, 5) is 11.1. The lowest BCUT2D eigenvalue weighted by atomic mass is 10.1. The molecule has 156 valence electrons. The molecule has 0 fully saturated rings. The fraction of sp³-hybridized carbons (Fsp3) is 0.250. The van der Waals surface area contributed by atoms with E-state index < -0.39 is 26.0 Å². The number of aryl methyl sites for hydroxylation is 1. The van der Waals surface area contributed by atoms with Crippen LogP contribution in [0.25, 0.3) is 0 Å². The van der Waals surface area contributed by atoms with Crippen molar-refractivity contribution in [3.8, 4) is 5.75 Å². The molecule has 0 atom stereocenters. The molecular formula is C20H23NO6S2. The summed E-state index contributed by atoms with van der Waals surface area (Å²) in [6.45, 7) is 6.96. The minimum Gasteiger partial charge on any atom is -0.423 e. The summed E-state index contributed by atoms with van der Waals surface area (Å²) >= 11 is 0. The second-order valence-electron chi connectivity index (χ2n) is 6.48. The summed E-state index contributed by atoms with van der Waals surface area (Å²) in [7, 11) is -8.64. The molecule has 0 saturated carbocycles. The Balaban J connectivity index is 2.21. The van der Waals surface area contributed by atoms with Gasteiger partial charge in [0.2, 0.25) is 0 Å². The molecular weight excluding hydrogens is 414 g/mol. The van der Waals surface area contributed by atoms with E-state index in [1.807, 2.05) is 6.92 Å². The smallest absolute Gasteiger partial charge is 0.338 e. The van der Waals surface area contributed by atoms with Gasteiger partial charge < -0.3 is 4.74 Å². The lowest BCUT2D eigenvalue weighted by Gasteiger charge is -2.10. The second-order valence-corrected chi connectivity index (χ2v) is 10.1. The van der Waals surface area contributed by atoms with Crippen LogP contribution >= 0.6 is 0 Å². The van der Waals surface area contributed by atoms with Crippen molar-refractivity contribution in [2.75, 3.05) is 0 Å². The third-order valence-electron chi connectivity index (χ3n) is 3.94. The Morgan fingerprint density at radius 3 is 2.21 bits per heavy atom. The van der Waals surface area contributed by atoms with E-state index in [4.69, 9.17) is 4.74 Å². The molecule has 0 unspecified atom stereocenters. The van der Waals surface area contributed by atoms with E-state index >= 15 is 0 Å². The molecule has 7 nitrogen and oxygen atoms in total. The van der Waals surface area contributed by atoms with Gasteiger partial charge in [0.25, 0.3) is 20.0 Å². The molecule has 0 bridgehead atoms. The normalized spacial score (nSPS) is 11.8. The van der Waals surface area contributed by atoms with Gasteiger partial charge in [-0.25, -0.2) is 21.6 Å². The first-order valence-electron chi connectivity index (χ1n) is 8.90. The van der Waals surface area contributed by atoms with Crippen molar-refractivity contribution in [3.63, 3.8) is 0 Å². The summed E-state index contributed by atoms with van der Waals surface area (Å²) in [6, 6.07) is 11.0. The van der Waals surface area contributed by atoms with Crippen molar-refractivity contribution in [2.45, 2.75) is 42.9 Å². The summed E-state index contributed by atoms with van der Waals surface area (Å²) < 4.78 is 56.9. The number of esters is 1. The zero-order chi connectivity index (χ0) is 21.7. The number of ether oxygens (including phenoxy) is 1. The summed E-state index contributed by atoms with van der Waals surface area (Å²) in [5.41, 5.74) is 1.01. The number of unbranched alkanes of at least 4 members (excludes halogenated alkanes) is 1. The lowest BCUT2D eigenvalue weighted by Crippen LogP contribution is -2.30. The van der Waals surface area contributed by atoms with Gasteiger partial charge >= 0.3 is 5.97 Å². The Labute approximate surface area is 171 Å². The van der Waals surface area contributed by atoms with Crippen LogP contribution in [0.5, 0.6) is 5.75 Å². The number of hydrogen-bond acceptors (Lipinski definition) is 6. The van der Waals surface area contributed by atoms with Crippen molar-refractivity contribution >= 4 is 26.0 Å². The SMILES string of the molecule is C=C(C)C(=O)Oc1ccc(S(=O)(=O)NS(=O)(=O)c2cccc(CCCC)c2)cc1. The van der Waals surface area contributed by atoms with Crippen molar-refractivity contribution in [1.82, 2.24) is 4.13 Å². The number of hydrogen-bond donors (Lipinski definition) is 1. The van der Waals surface area contributed by atoms with Gasteiger partial charge in [-0.05, 0) is 61.7 Å². The molecule has 2 rings (SSSR count). The van der Waals surface area contributed by atoms with Crippen LogP contribution in [-0.4, -0.2) is 22.8 Å². The van der Waals surface area contributed by atoms with Crippen LogP contribution in [0.3, 0.4) is 0 Å². The third-order valence-corrected chi connectivity index (χ3v) is 7.46. The Kier molecular flexibility index (Phi) is 7.34. The van der Waals surface area contributed by atoms with Crippen molar-refractivity contribution in [3.05, 3.63) is 66.2 Å². The van der Waals surface area contributed by atoms with E-state index in [1.165, 1.54) is 31.2 Å². The largest absolute Gasteiger partial charge is 0.423 e. The molecule has 0 amide bonds. The van der Waals surface area contributed by atoms with Gasteiger partial charge in [-0.3, -0.25) is 0 Å². The van der Waals surface area contributed by atoms with E-state index in [9.17, 15) is 21.6 Å². The Hall–Kier alpha value is -2.49. The first-order chi connectivity index (χ1) is 13.5. The highest BCUT2D eigenvalue weighted by molar-refractivity contribution is 8.04. The minimum atomic E-state index is -4.35. The number of nitrogens with one attached hydrogen (secondary N) is 1. The molecule has 0 aliphatic heterocycles. The van der Waals surface area contributed by atoms with Gasteiger partial charge in [-0.15, -0.1) is 4.13 Å². The monoisotopic (exact) mass is 437 g/mol. The molecule has 29 heavy (non-hydrogen) atoms. The maximum absolute atomic E-state index is 12.6.